The quantitative estimate of drug-likeness (QED) is 0.293. The van der Waals surface area contributed by atoms with E-state index in [-0.39, 0.29) is 12.5 Å². The first-order chi connectivity index (χ1) is 12.3. The lowest BCUT2D eigenvalue weighted by atomic mass is 10.0. The summed E-state index contributed by atoms with van der Waals surface area (Å²) in [6, 6.07) is 10.1. The summed E-state index contributed by atoms with van der Waals surface area (Å²) in [5.74, 6) is 0.806. The van der Waals surface area contributed by atoms with Crippen LogP contribution in [0.25, 0.3) is 0 Å². The molecule has 0 saturated heterocycles. The van der Waals surface area contributed by atoms with Crippen LogP contribution in [0.1, 0.15) is 50.0 Å². The molecule has 5 nitrogen and oxygen atoms in total. The van der Waals surface area contributed by atoms with Crippen LogP contribution in [0.15, 0.2) is 35.3 Å². The van der Waals surface area contributed by atoms with Crippen LogP contribution in [0.4, 0.5) is 0 Å². The Kier molecular flexibility index (Phi) is 9.37. The van der Waals surface area contributed by atoms with E-state index in [0.717, 1.165) is 18.1 Å². The summed E-state index contributed by atoms with van der Waals surface area (Å²) in [4.78, 5) is 4.24. The molecule has 0 aliphatic heterocycles. The van der Waals surface area contributed by atoms with Crippen LogP contribution in [0.2, 0.25) is 0 Å². The molecule has 1 aromatic rings. The van der Waals surface area contributed by atoms with Gasteiger partial charge in [-0.05, 0) is 18.4 Å². The van der Waals surface area contributed by atoms with Crippen molar-refractivity contribution in [2.45, 2.75) is 50.5 Å². The van der Waals surface area contributed by atoms with Crippen LogP contribution in [-0.4, -0.2) is 50.5 Å². The fourth-order valence-corrected chi connectivity index (χ4v) is 3.26. The Hall–Kier alpha value is -1.59. The summed E-state index contributed by atoms with van der Waals surface area (Å²) in [5.41, 5.74) is 1.13. The third-order valence-corrected chi connectivity index (χ3v) is 4.78. The van der Waals surface area contributed by atoms with Gasteiger partial charge in [0.05, 0.1) is 19.3 Å². The van der Waals surface area contributed by atoms with Crippen molar-refractivity contribution in [2.75, 3.05) is 33.4 Å². The Labute approximate surface area is 151 Å². The van der Waals surface area contributed by atoms with Gasteiger partial charge in [0, 0.05) is 26.1 Å². The highest BCUT2D eigenvalue weighted by atomic mass is 16.5. The predicted molar refractivity (Wildman–Crippen MR) is 103 cm³/mol. The van der Waals surface area contributed by atoms with Crippen molar-refractivity contribution in [3.8, 4) is 0 Å². The number of guanidine groups is 1. The zero-order valence-corrected chi connectivity index (χ0v) is 15.4. The zero-order valence-electron chi connectivity index (χ0n) is 15.4. The van der Waals surface area contributed by atoms with Crippen molar-refractivity contribution < 1.29 is 9.84 Å². The third kappa shape index (κ3) is 7.45. The van der Waals surface area contributed by atoms with Gasteiger partial charge in [0.25, 0.3) is 0 Å². The molecule has 1 aromatic carbocycles. The molecule has 0 heterocycles. The van der Waals surface area contributed by atoms with E-state index >= 15 is 0 Å². The summed E-state index contributed by atoms with van der Waals surface area (Å²) in [6.45, 7) is 2.20. The highest BCUT2D eigenvalue weighted by Gasteiger charge is 2.13. The minimum absolute atomic E-state index is 0.0574. The van der Waals surface area contributed by atoms with Gasteiger partial charge in [-0.3, -0.25) is 4.99 Å². The average molecular weight is 348 g/mol. The van der Waals surface area contributed by atoms with Gasteiger partial charge in [0.1, 0.15) is 0 Å². The van der Waals surface area contributed by atoms with Crippen molar-refractivity contribution in [2.24, 2.45) is 4.99 Å². The number of benzene rings is 1. The number of hydrogen-bond donors (Lipinski definition) is 3. The number of aliphatic imine (C=N–C) groups is 1. The summed E-state index contributed by atoms with van der Waals surface area (Å²) in [6.07, 6.45) is 8.11. The molecule has 1 aliphatic rings. The smallest absolute Gasteiger partial charge is 0.191 e. The Balaban J connectivity index is 1.66. The molecule has 25 heavy (non-hydrogen) atoms. The number of nitrogens with one attached hydrogen (secondary N) is 2. The lowest BCUT2D eigenvalue weighted by Gasteiger charge is -2.19. The molecule has 1 fully saturated rings. The van der Waals surface area contributed by atoms with Gasteiger partial charge >= 0.3 is 0 Å². The maximum absolute atomic E-state index is 9.63. The van der Waals surface area contributed by atoms with E-state index in [4.69, 9.17) is 4.74 Å². The molecule has 0 amide bonds. The van der Waals surface area contributed by atoms with E-state index in [0.29, 0.717) is 19.3 Å². The summed E-state index contributed by atoms with van der Waals surface area (Å²) >= 11 is 0. The highest BCUT2D eigenvalue weighted by Crippen LogP contribution is 2.19. The number of nitrogens with zero attached hydrogens (tertiary/aromatic N) is 1. The molecular formula is C20H33N3O2. The molecule has 3 N–H and O–H groups in total. The van der Waals surface area contributed by atoms with Crippen molar-refractivity contribution >= 4 is 5.96 Å². The van der Waals surface area contributed by atoms with E-state index in [1.165, 1.54) is 38.5 Å². The molecular weight excluding hydrogens is 314 g/mol. The molecule has 0 spiro atoms. The fraction of sp³-hybridized carbons (Fsp3) is 0.650. The van der Waals surface area contributed by atoms with Crippen LogP contribution in [-0.2, 0) is 4.74 Å². The second kappa shape index (κ2) is 11.9. The normalized spacial score (nSPS) is 17.8. The lowest BCUT2D eigenvalue weighted by molar-refractivity contribution is 0.0468. The molecule has 140 valence electrons. The number of aliphatic hydroxyl groups is 1. The van der Waals surface area contributed by atoms with Crippen molar-refractivity contribution in [1.29, 1.82) is 0 Å². The summed E-state index contributed by atoms with van der Waals surface area (Å²) in [7, 11) is 1.76. The molecule has 1 saturated carbocycles. The minimum Gasteiger partial charge on any atom is -0.396 e. The second-order valence-corrected chi connectivity index (χ2v) is 6.65. The van der Waals surface area contributed by atoms with Crippen molar-refractivity contribution in [3.63, 3.8) is 0 Å². The predicted octanol–water partition coefficient (Wildman–Crippen LogP) is 2.67. The fourth-order valence-electron chi connectivity index (χ4n) is 3.26. The molecule has 2 rings (SSSR count). The first-order valence-electron chi connectivity index (χ1n) is 9.55. The molecule has 0 bridgehead atoms. The van der Waals surface area contributed by atoms with E-state index in [2.05, 4.69) is 15.6 Å². The molecule has 5 heteroatoms. The van der Waals surface area contributed by atoms with Gasteiger partial charge in [-0.15, -0.1) is 0 Å². The number of ether oxygens (including phenoxy) is 1. The van der Waals surface area contributed by atoms with Gasteiger partial charge in [-0.1, -0.05) is 56.0 Å². The summed E-state index contributed by atoms with van der Waals surface area (Å²) < 4.78 is 5.99. The number of aliphatic hydroxyl groups excluding tert-OH is 1. The Bertz CT molecular complexity index is 485. The van der Waals surface area contributed by atoms with Crippen LogP contribution in [0, 0.1) is 0 Å². The van der Waals surface area contributed by atoms with Crippen molar-refractivity contribution in [3.05, 3.63) is 35.9 Å². The van der Waals surface area contributed by atoms with Gasteiger partial charge < -0.3 is 20.5 Å². The van der Waals surface area contributed by atoms with Crippen LogP contribution in [0.3, 0.4) is 0 Å². The SMILES string of the molecule is CN=C(NCCOC1CCCCCC1)NCC(CO)c1ccccc1. The topological polar surface area (TPSA) is 65.9 Å². The van der Waals surface area contributed by atoms with E-state index in [1.807, 2.05) is 30.3 Å². The van der Waals surface area contributed by atoms with E-state index < -0.39 is 0 Å². The van der Waals surface area contributed by atoms with Crippen LogP contribution >= 0.6 is 0 Å². The maximum Gasteiger partial charge on any atom is 0.191 e. The monoisotopic (exact) mass is 347 g/mol. The first-order valence-corrected chi connectivity index (χ1v) is 9.55. The first kappa shape index (κ1) is 19.7. The highest BCUT2D eigenvalue weighted by molar-refractivity contribution is 5.79. The second-order valence-electron chi connectivity index (χ2n) is 6.65. The molecule has 0 aromatic heterocycles. The molecule has 1 unspecified atom stereocenters. The van der Waals surface area contributed by atoms with E-state index in [9.17, 15) is 5.11 Å². The van der Waals surface area contributed by atoms with Crippen molar-refractivity contribution in [1.82, 2.24) is 10.6 Å². The standard InChI is InChI=1S/C20H33N3O2/c1-21-20(22-13-14-25-19-11-7-2-3-8-12-19)23-15-18(16-24)17-9-5-4-6-10-17/h4-6,9-10,18-19,24H,2-3,7-8,11-16H2,1H3,(H2,21,22,23). The molecule has 1 atom stereocenters. The average Bonchev–Trinajstić information content (AvgIpc) is 2.93. The third-order valence-electron chi connectivity index (χ3n) is 4.78. The van der Waals surface area contributed by atoms with Gasteiger partial charge in [0.2, 0.25) is 0 Å². The van der Waals surface area contributed by atoms with Crippen LogP contribution < -0.4 is 10.6 Å². The van der Waals surface area contributed by atoms with Crippen LogP contribution in [0.5, 0.6) is 0 Å². The molecule has 0 radical (unpaired) electrons. The van der Waals surface area contributed by atoms with Gasteiger partial charge in [0.15, 0.2) is 5.96 Å². The van der Waals surface area contributed by atoms with Gasteiger partial charge in [-0.2, -0.15) is 0 Å². The number of rotatable bonds is 8. The Morgan fingerprint density at radius 2 is 1.88 bits per heavy atom. The minimum atomic E-state index is 0.0574. The molecule has 1 aliphatic carbocycles. The lowest BCUT2D eigenvalue weighted by Crippen LogP contribution is -2.41. The largest absolute Gasteiger partial charge is 0.396 e. The summed E-state index contributed by atoms with van der Waals surface area (Å²) in [5, 5.41) is 16.2. The number of hydrogen-bond acceptors (Lipinski definition) is 3. The van der Waals surface area contributed by atoms with E-state index in [1.54, 1.807) is 7.05 Å². The zero-order chi connectivity index (χ0) is 17.7. The maximum atomic E-state index is 9.63. The Morgan fingerprint density at radius 1 is 1.16 bits per heavy atom. The van der Waals surface area contributed by atoms with Gasteiger partial charge in [-0.25, -0.2) is 0 Å². The Morgan fingerprint density at radius 3 is 2.52 bits per heavy atom.